The van der Waals surface area contributed by atoms with Gasteiger partial charge in [-0.2, -0.15) is 0 Å². The molecule has 0 aliphatic rings. The average Bonchev–Trinajstić information content (AvgIpc) is 2.46. The van der Waals surface area contributed by atoms with Crippen LogP contribution in [0.1, 0.15) is 51.3 Å². The maximum atomic E-state index is 10.2. The maximum Gasteiger partial charge on any atom is 0.122 e. The highest BCUT2D eigenvalue weighted by atomic mass is 16.5. The first-order valence-electron chi connectivity index (χ1n) is 8.11. The van der Waals surface area contributed by atoms with Gasteiger partial charge < -0.3 is 9.84 Å². The minimum Gasteiger partial charge on any atom is -0.508 e. The number of benzene rings is 2. The highest BCUT2D eigenvalue weighted by Crippen LogP contribution is 2.36. The molecule has 2 heteroatoms. The average molecular weight is 312 g/mol. The zero-order chi connectivity index (χ0) is 17.3. The minimum absolute atomic E-state index is 0.0282. The molecule has 0 atom stereocenters. The Morgan fingerprint density at radius 1 is 0.913 bits per heavy atom. The van der Waals surface area contributed by atoms with Gasteiger partial charge in [0.25, 0.3) is 0 Å². The lowest BCUT2D eigenvalue weighted by molar-refractivity contribution is 0.396. The highest BCUT2D eigenvalue weighted by Gasteiger charge is 2.26. The fraction of sp³-hybridized carbons (Fsp3) is 0.429. The number of methoxy groups -OCH3 is 1. The van der Waals surface area contributed by atoms with Crippen LogP contribution >= 0.6 is 0 Å². The van der Waals surface area contributed by atoms with Gasteiger partial charge in [-0.05, 0) is 46.1 Å². The number of aromatic hydroxyl groups is 1. The van der Waals surface area contributed by atoms with E-state index in [-0.39, 0.29) is 10.8 Å². The highest BCUT2D eigenvalue weighted by molar-refractivity contribution is 5.44. The Hall–Kier alpha value is -1.96. The van der Waals surface area contributed by atoms with Crippen molar-refractivity contribution in [1.29, 1.82) is 0 Å². The van der Waals surface area contributed by atoms with Crippen molar-refractivity contribution >= 4 is 0 Å². The van der Waals surface area contributed by atoms with Crippen LogP contribution in [0.2, 0.25) is 0 Å². The summed E-state index contributed by atoms with van der Waals surface area (Å²) in [6.45, 7) is 10.9. The lowest BCUT2D eigenvalue weighted by Crippen LogP contribution is -2.21. The summed E-state index contributed by atoms with van der Waals surface area (Å²) >= 11 is 0. The third kappa shape index (κ3) is 3.87. The van der Waals surface area contributed by atoms with E-state index in [0.717, 1.165) is 17.7 Å². The summed E-state index contributed by atoms with van der Waals surface area (Å²) in [5.74, 6) is 1.30. The van der Waals surface area contributed by atoms with Crippen LogP contribution in [0.25, 0.3) is 0 Å². The standard InChI is InChI=1S/C21H28O2/c1-20(2,3)17-13-15(11-12-19(17)23-6)14-21(4,5)16-9-7-8-10-18(16)22/h7-13,22H,14H2,1-6H3. The third-order valence-corrected chi connectivity index (χ3v) is 4.35. The molecule has 0 saturated carbocycles. The van der Waals surface area contributed by atoms with Crippen molar-refractivity contribution in [3.05, 3.63) is 59.2 Å². The molecule has 2 rings (SSSR count). The molecule has 0 unspecified atom stereocenters. The van der Waals surface area contributed by atoms with Crippen LogP contribution in [-0.2, 0) is 17.3 Å². The monoisotopic (exact) mass is 312 g/mol. The molecule has 2 aromatic carbocycles. The van der Waals surface area contributed by atoms with E-state index in [9.17, 15) is 5.11 Å². The summed E-state index contributed by atoms with van der Waals surface area (Å²) < 4.78 is 5.52. The number of rotatable bonds is 4. The molecule has 2 aromatic rings. The van der Waals surface area contributed by atoms with Crippen molar-refractivity contribution in [1.82, 2.24) is 0 Å². The summed E-state index contributed by atoms with van der Waals surface area (Å²) in [6, 6.07) is 14.0. The molecule has 0 heterocycles. The maximum absolute atomic E-state index is 10.2. The smallest absolute Gasteiger partial charge is 0.122 e. The molecular weight excluding hydrogens is 284 g/mol. The Morgan fingerprint density at radius 3 is 2.13 bits per heavy atom. The second kappa shape index (κ2) is 6.27. The lowest BCUT2D eigenvalue weighted by Gasteiger charge is -2.28. The summed E-state index contributed by atoms with van der Waals surface area (Å²) in [4.78, 5) is 0. The van der Waals surface area contributed by atoms with Gasteiger partial charge in [0.05, 0.1) is 7.11 Å². The number of para-hydroxylation sites is 1. The Labute approximate surface area is 140 Å². The predicted molar refractivity (Wildman–Crippen MR) is 96.5 cm³/mol. The van der Waals surface area contributed by atoms with Gasteiger partial charge in [0, 0.05) is 0 Å². The largest absolute Gasteiger partial charge is 0.508 e. The van der Waals surface area contributed by atoms with Gasteiger partial charge in [0.15, 0.2) is 0 Å². The van der Waals surface area contributed by atoms with Crippen LogP contribution in [0.4, 0.5) is 0 Å². The van der Waals surface area contributed by atoms with Crippen LogP contribution in [0.5, 0.6) is 11.5 Å². The Bertz CT molecular complexity index is 678. The van der Waals surface area contributed by atoms with Crippen molar-refractivity contribution < 1.29 is 9.84 Å². The van der Waals surface area contributed by atoms with Crippen LogP contribution < -0.4 is 4.74 Å². The molecule has 1 N–H and O–H groups in total. The van der Waals surface area contributed by atoms with E-state index in [1.54, 1.807) is 13.2 Å². The molecule has 124 valence electrons. The molecule has 0 spiro atoms. The number of ether oxygens (including phenoxy) is 1. The summed E-state index contributed by atoms with van der Waals surface area (Å²) in [5, 5.41) is 10.2. The number of hydrogen-bond donors (Lipinski definition) is 1. The molecule has 0 fully saturated rings. The zero-order valence-corrected chi connectivity index (χ0v) is 15.1. The number of phenols is 1. The van der Waals surface area contributed by atoms with Crippen molar-refractivity contribution in [3.8, 4) is 11.5 Å². The molecule has 0 aliphatic heterocycles. The molecular formula is C21H28O2. The van der Waals surface area contributed by atoms with Crippen LogP contribution in [0.15, 0.2) is 42.5 Å². The van der Waals surface area contributed by atoms with Gasteiger partial charge in [0.1, 0.15) is 11.5 Å². The molecule has 2 nitrogen and oxygen atoms in total. The fourth-order valence-corrected chi connectivity index (χ4v) is 3.10. The Balaban J connectivity index is 2.38. The van der Waals surface area contributed by atoms with Crippen molar-refractivity contribution in [2.45, 2.75) is 51.9 Å². The second-order valence-electron chi connectivity index (χ2n) is 7.86. The van der Waals surface area contributed by atoms with E-state index in [1.165, 1.54) is 11.1 Å². The van der Waals surface area contributed by atoms with Crippen LogP contribution in [0, 0.1) is 0 Å². The van der Waals surface area contributed by atoms with E-state index >= 15 is 0 Å². The summed E-state index contributed by atoms with van der Waals surface area (Å²) in [7, 11) is 1.72. The predicted octanol–water partition coefficient (Wildman–Crippen LogP) is 5.22. The normalized spacial score (nSPS) is 12.3. The van der Waals surface area contributed by atoms with E-state index in [4.69, 9.17) is 4.74 Å². The molecule has 23 heavy (non-hydrogen) atoms. The van der Waals surface area contributed by atoms with Crippen LogP contribution in [0.3, 0.4) is 0 Å². The fourth-order valence-electron chi connectivity index (χ4n) is 3.10. The zero-order valence-electron chi connectivity index (χ0n) is 15.1. The first-order valence-corrected chi connectivity index (χ1v) is 8.11. The van der Waals surface area contributed by atoms with E-state index in [1.807, 2.05) is 18.2 Å². The quantitative estimate of drug-likeness (QED) is 0.839. The van der Waals surface area contributed by atoms with Gasteiger partial charge in [-0.3, -0.25) is 0 Å². The minimum atomic E-state index is -0.144. The number of hydrogen-bond acceptors (Lipinski definition) is 2. The summed E-state index contributed by atoms with van der Waals surface area (Å²) in [6.07, 6.45) is 0.859. The van der Waals surface area contributed by atoms with Gasteiger partial charge in [-0.1, -0.05) is 65.0 Å². The first-order chi connectivity index (χ1) is 10.6. The van der Waals surface area contributed by atoms with Crippen molar-refractivity contribution in [2.75, 3.05) is 7.11 Å². The topological polar surface area (TPSA) is 29.5 Å². The SMILES string of the molecule is COc1ccc(CC(C)(C)c2ccccc2O)cc1C(C)(C)C. The molecule has 0 aromatic heterocycles. The molecule has 0 amide bonds. The first kappa shape index (κ1) is 17.4. The van der Waals surface area contributed by atoms with Gasteiger partial charge in [-0.15, -0.1) is 0 Å². The van der Waals surface area contributed by atoms with E-state index in [2.05, 4.69) is 52.8 Å². The van der Waals surface area contributed by atoms with E-state index in [0.29, 0.717) is 5.75 Å². The molecule has 0 aliphatic carbocycles. The molecule has 0 radical (unpaired) electrons. The van der Waals surface area contributed by atoms with Gasteiger partial charge in [-0.25, -0.2) is 0 Å². The van der Waals surface area contributed by atoms with Gasteiger partial charge >= 0.3 is 0 Å². The third-order valence-electron chi connectivity index (χ3n) is 4.35. The van der Waals surface area contributed by atoms with Crippen molar-refractivity contribution in [3.63, 3.8) is 0 Å². The van der Waals surface area contributed by atoms with Crippen LogP contribution in [-0.4, -0.2) is 12.2 Å². The van der Waals surface area contributed by atoms with Gasteiger partial charge in [0.2, 0.25) is 0 Å². The lowest BCUT2D eigenvalue weighted by atomic mass is 9.77. The Kier molecular flexibility index (Phi) is 4.74. The summed E-state index contributed by atoms with van der Waals surface area (Å²) in [5.41, 5.74) is 3.33. The second-order valence-corrected chi connectivity index (χ2v) is 7.86. The van der Waals surface area contributed by atoms with Crippen molar-refractivity contribution in [2.24, 2.45) is 0 Å². The molecule has 0 saturated heterocycles. The number of phenolic OH excluding ortho intramolecular Hbond substituents is 1. The molecule has 0 bridgehead atoms. The Morgan fingerprint density at radius 2 is 1.57 bits per heavy atom. The van der Waals surface area contributed by atoms with E-state index < -0.39 is 0 Å².